The first-order chi connectivity index (χ1) is 14.6. The number of aryl methyl sites for hydroxylation is 1. The second-order valence-corrected chi connectivity index (χ2v) is 8.25. The van der Waals surface area contributed by atoms with Gasteiger partial charge >= 0.3 is 0 Å². The first-order valence-corrected chi connectivity index (χ1v) is 11.1. The number of nitrogens with zero attached hydrogens (tertiary/aromatic N) is 4. The lowest BCUT2D eigenvalue weighted by Gasteiger charge is -2.18. The Labute approximate surface area is 181 Å². The van der Waals surface area contributed by atoms with Gasteiger partial charge in [0.1, 0.15) is 5.65 Å². The van der Waals surface area contributed by atoms with Crippen LogP contribution in [0.4, 0.5) is 5.95 Å². The summed E-state index contributed by atoms with van der Waals surface area (Å²) in [6.45, 7) is 6.08. The SMILES string of the molecule is CC.Cn1c(=O)c(-c2ccccc2Cl)cc2cnc(NN3CC4CCCC4C3)nc21. The third-order valence-corrected chi connectivity index (χ3v) is 6.43. The maximum Gasteiger partial charge on any atom is 0.259 e. The molecule has 0 spiro atoms. The lowest BCUT2D eigenvalue weighted by molar-refractivity contribution is 0.369. The molecule has 2 fully saturated rings. The summed E-state index contributed by atoms with van der Waals surface area (Å²) >= 11 is 6.30. The molecule has 5 rings (SSSR count). The Kier molecular flexibility index (Phi) is 6.06. The van der Waals surface area contributed by atoms with E-state index in [1.54, 1.807) is 23.9 Å². The largest absolute Gasteiger partial charge is 0.295 e. The number of hydrogen-bond acceptors (Lipinski definition) is 5. The van der Waals surface area contributed by atoms with Gasteiger partial charge in [0.15, 0.2) is 0 Å². The molecule has 0 bridgehead atoms. The topological polar surface area (TPSA) is 63.1 Å². The molecule has 2 unspecified atom stereocenters. The van der Waals surface area contributed by atoms with Gasteiger partial charge in [-0.15, -0.1) is 0 Å². The highest BCUT2D eigenvalue weighted by atomic mass is 35.5. The normalized spacial score (nSPS) is 20.7. The number of pyridine rings is 1. The van der Waals surface area contributed by atoms with Crippen molar-refractivity contribution in [1.29, 1.82) is 0 Å². The van der Waals surface area contributed by atoms with Gasteiger partial charge in [-0.1, -0.05) is 50.1 Å². The van der Waals surface area contributed by atoms with Crippen molar-refractivity contribution in [3.8, 4) is 11.1 Å². The lowest BCUT2D eigenvalue weighted by Crippen LogP contribution is -2.29. The second kappa shape index (κ2) is 8.74. The summed E-state index contributed by atoms with van der Waals surface area (Å²) in [6.07, 6.45) is 5.76. The summed E-state index contributed by atoms with van der Waals surface area (Å²) in [7, 11) is 1.74. The van der Waals surface area contributed by atoms with Gasteiger partial charge < -0.3 is 0 Å². The van der Waals surface area contributed by atoms with E-state index in [9.17, 15) is 4.79 Å². The Morgan fingerprint density at radius 2 is 1.80 bits per heavy atom. The average Bonchev–Trinajstić information content (AvgIpc) is 3.35. The smallest absolute Gasteiger partial charge is 0.259 e. The molecule has 0 amide bonds. The molecule has 2 aromatic heterocycles. The van der Waals surface area contributed by atoms with Gasteiger partial charge in [-0.05, 0) is 36.8 Å². The molecule has 2 aliphatic rings. The Balaban J connectivity index is 0.00000106. The molecule has 6 nitrogen and oxygen atoms in total. The Morgan fingerprint density at radius 1 is 1.10 bits per heavy atom. The van der Waals surface area contributed by atoms with Crippen LogP contribution in [0.3, 0.4) is 0 Å². The number of aromatic nitrogens is 3. The van der Waals surface area contributed by atoms with Crippen molar-refractivity contribution in [2.24, 2.45) is 18.9 Å². The van der Waals surface area contributed by atoms with E-state index in [4.69, 9.17) is 11.6 Å². The number of hydrazine groups is 1. The first-order valence-electron chi connectivity index (χ1n) is 10.7. The number of hydrogen-bond donors (Lipinski definition) is 1. The summed E-state index contributed by atoms with van der Waals surface area (Å²) in [6, 6.07) is 9.19. The van der Waals surface area contributed by atoms with Crippen molar-refractivity contribution in [2.75, 3.05) is 18.5 Å². The standard InChI is InChI=1S/C21H22ClN5O.C2H6/c1-26-19-15(9-17(20(26)28)16-7-2-3-8-18(16)22)10-23-21(24-19)25-27-11-13-5-4-6-14(13)12-27;1-2/h2-3,7-10,13-14H,4-6,11-12H2,1H3,(H,23,24,25);1-2H3. The Hall–Kier alpha value is -2.44. The summed E-state index contributed by atoms with van der Waals surface area (Å²) in [4.78, 5) is 22.0. The number of halogens is 1. The van der Waals surface area contributed by atoms with Crippen LogP contribution >= 0.6 is 11.6 Å². The third kappa shape index (κ3) is 3.82. The zero-order valence-electron chi connectivity index (χ0n) is 17.7. The molecular weight excluding hydrogens is 398 g/mol. The summed E-state index contributed by atoms with van der Waals surface area (Å²) in [5.41, 5.74) is 5.10. The molecule has 7 heteroatoms. The first kappa shape index (κ1) is 20.8. The van der Waals surface area contributed by atoms with Gasteiger partial charge in [-0.3, -0.25) is 14.8 Å². The maximum atomic E-state index is 12.9. The van der Waals surface area contributed by atoms with Gasteiger partial charge in [-0.2, -0.15) is 4.98 Å². The number of rotatable bonds is 3. The molecule has 1 aliphatic carbocycles. The second-order valence-electron chi connectivity index (χ2n) is 7.84. The van der Waals surface area contributed by atoms with E-state index in [1.807, 2.05) is 38.1 Å². The van der Waals surface area contributed by atoms with Crippen molar-refractivity contribution >= 4 is 28.6 Å². The minimum absolute atomic E-state index is 0.124. The number of anilines is 1. The molecule has 1 saturated carbocycles. The van der Waals surface area contributed by atoms with E-state index in [2.05, 4.69) is 20.4 Å². The predicted molar refractivity (Wildman–Crippen MR) is 123 cm³/mol. The van der Waals surface area contributed by atoms with Crippen LogP contribution in [0.2, 0.25) is 5.02 Å². The van der Waals surface area contributed by atoms with Gasteiger partial charge in [0.25, 0.3) is 5.56 Å². The molecule has 0 radical (unpaired) electrons. The molecule has 158 valence electrons. The van der Waals surface area contributed by atoms with Crippen LogP contribution in [0.25, 0.3) is 22.2 Å². The zero-order valence-corrected chi connectivity index (χ0v) is 18.5. The molecule has 1 aliphatic heterocycles. The fourth-order valence-corrected chi connectivity index (χ4v) is 4.88. The van der Waals surface area contributed by atoms with Crippen LogP contribution in [-0.4, -0.2) is 32.6 Å². The molecule has 3 heterocycles. The minimum atomic E-state index is -0.124. The summed E-state index contributed by atoms with van der Waals surface area (Å²) < 4.78 is 1.57. The molecule has 1 N–H and O–H groups in total. The molecule has 30 heavy (non-hydrogen) atoms. The lowest BCUT2D eigenvalue weighted by atomic mass is 10.0. The van der Waals surface area contributed by atoms with E-state index < -0.39 is 0 Å². The third-order valence-electron chi connectivity index (χ3n) is 6.10. The van der Waals surface area contributed by atoms with Crippen LogP contribution in [0, 0.1) is 11.8 Å². The van der Waals surface area contributed by atoms with E-state index >= 15 is 0 Å². The number of benzene rings is 1. The summed E-state index contributed by atoms with van der Waals surface area (Å²) in [5.74, 6) is 2.11. The van der Waals surface area contributed by atoms with Crippen molar-refractivity contribution in [3.05, 3.63) is 51.9 Å². The minimum Gasteiger partial charge on any atom is -0.295 e. The molecule has 1 saturated heterocycles. The van der Waals surface area contributed by atoms with Gasteiger partial charge in [0, 0.05) is 47.9 Å². The quantitative estimate of drug-likeness (QED) is 0.657. The van der Waals surface area contributed by atoms with Crippen molar-refractivity contribution in [2.45, 2.75) is 33.1 Å². The van der Waals surface area contributed by atoms with Crippen molar-refractivity contribution in [3.63, 3.8) is 0 Å². The zero-order chi connectivity index (χ0) is 21.3. The van der Waals surface area contributed by atoms with Gasteiger partial charge in [0.2, 0.25) is 5.95 Å². The van der Waals surface area contributed by atoms with E-state index in [-0.39, 0.29) is 5.56 Å². The predicted octanol–water partition coefficient (Wildman–Crippen LogP) is 4.73. The van der Waals surface area contributed by atoms with Crippen molar-refractivity contribution < 1.29 is 0 Å². The number of fused-ring (bicyclic) bond motifs is 2. The monoisotopic (exact) mass is 425 g/mol. The van der Waals surface area contributed by atoms with Crippen LogP contribution in [-0.2, 0) is 7.05 Å². The van der Waals surface area contributed by atoms with E-state index in [0.29, 0.717) is 22.2 Å². The Morgan fingerprint density at radius 3 is 2.50 bits per heavy atom. The number of nitrogens with one attached hydrogen (secondary N) is 1. The van der Waals surface area contributed by atoms with Gasteiger partial charge in [0.05, 0.1) is 0 Å². The highest BCUT2D eigenvalue weighted by molar-refractivity contribution is 6.33. The van der Waals surface area contributed by atoms with Crippen LogP contribution in [0.15, 0.2) is 41.3 Å². The highest BCUT2D eigenvalue weighted by Gasteiger charge is 2.36. The van der Waals surface area contributed by atoms with E-state index in [0.717, 1.165) is 35.9 Å². The van der Waals surface area contributed by atoms with Crippen LogP contribution in [0.5, 0.6) is 0 Å². The molecule has 1 aromatic carbocycles. The van der Waals surface area contributed by atoms with Crippen LogP contribution in [0.1, 0.15) is 33.1 Å². The van der Waals surface area contributed by atoms with Gasteiger partial charge in [-0.25, -0.2) is 9.99 Å². The molecule has 3 aromatic rings. The maximum absolute atomic E-state index is 12.9. The average molecular weight is 426 g/mol. The van der Waals surface area contributed by atoms with Crippen LogP contribution < -0.4 is 11.0 Å². The highest BCUT2D eigenvalue weighted by Crippen LogP contribution is 2.37. The molecular formula is C23H28ClN5O. The fraction of sp³-hybridized carbons (Fsp3) is 0.435. The van der Waals surface area contributed by atoms with E-state index in [1.165, 1.54) is 19.3 Å². The fourth-order valence-electron chi connectivity index (χ4n) is 4.64. The van der Waals surface area contributed by atoms with Crippen molar-refractivity contribution in [1.82, 2.24) is 19.5 Å². The molecule has 2 atom stereocenters. The Bertz CT molecular complexity index is 1100. The summed E-state index contributed by atoms with van der Waals surface area (Å²) in [5, 5.41) is 3.57.